The highest BCUT2D eigenvalue weighted by Crippen LogP contribution is 2.37. The highest BCUT2D eigenvalue weighted by molar-refractivity contribution is 7.80. The molecule has 3 unspecified atom stereocenters. The van der Waals surface area contributed by atoms with E-state index in [1.807, 2.05) is 0 Å². The summed E-state index contributed by atoms with van der Waals surface area (Å²) in [7, 11) is 0. The summed E-state index contributed by atoms with van der Waals surface area (Å²) >= 11 is 4.97. The van der Waals surface area contributed by atoms with Gasteiger partial charge in [-0.25, -0.2) is 4.39 Å². The van der Waals surface area contributed by atoms with Crippen molar-refractivity contribution in [1.29, 1.82) is 0 Å². The van der Waals surface area contributed by atoms with E-state index in [1.54, 1.807) is 12.1 Å². The zero-order chi connectivity index (χ0) is 15.6. The Morgan fingerprint density at radius 2 is 2.10 bits per heavy atom. The Labute approximate surface area is 131 Å². The van der Waals surface area contributed by atoms with Gasteiger partial charge in [-0.3, -0.25) is 0 Å². The predicted molar refractivity (Wildman–Crippen MR) is 88.0 cm³/mol. The van der Waals surface area contributed by atoms with Gasteiger partial charge in [-0.1, -0.05) is 45.5 Å². The third-order valence-corrected chi connectivity index (χ3v) is 4.67. The molecule has 1 aliphatic rings. The minimum atomic E-state index is -0.412. The van der Waals surface area contributed by atoms with Crippen molar-refractivity contribution in [2.45, 2.75) is 46.1 Å². The van der Waals surface area contributed by atoms with Crippen LogP contribution >= 0.6 is 12.2 Å². The number of nitrogens with two attached hydrogens (primary N) is 1. The lowest BCUT2D eigenvalue weighted by Gasteiger charge is -2.37. The molecule has 1 fully saturated rings. The maximum Gasteiger partial charge on any atom is 0.137 e. The lowest BCUT2D eigenvalue weighted by molar-refractivity contribution is 0.0457. The molecule has 2 nitrogen and oxygen atoms in total. The maximum absolute atomic E-state index is 13.9. The molecule has 4 heteroatoms. The molecule has 21 heavy (non-hydrogen) atoms. The zero-order valence-corrected chi connectivity index (χ0v) is 13.8. The molecule has 0 heterocycles. The smallest absolute Gasteiger partial charge is 0.137 e. The zero-order valence-electron chi connectivity index (χ0n) is 12.9. The van der Waals surface area contributed by atoms with Gasteiger partial charge in [-0.2, -0.15) is 0 Å². The Morgan fingerprint density at radius 3 is 2.71 bits per heavy atom. The van der Waals surface area contributed by atoms with Crippen LogP contribution in [0.1, 0.15) is 45.6 Å². The number of ether oxygens (including phenoxy) is 1. The molecule has 0 amide bonds. The van der Waals surface area contributed by atoms with E-state index in [1.165, 1.54) is 12.5 Å². The third kappa shape index (κ3) is 3.73. The van der Waals surface area contributed by atoms with Crippen molar-refractivity contribution in [3.8, 4) is 5.75 Å². The molecule has 0 aromatic heterocycles. The molecule has 2 rings (SSSR count). The molecule has 116 valence electrons. The minimum Gasteiger partial charge on any atom is -0.489 e. The first-order chi connectivity index (χ1) is 9.90. The monoisotopic (exact) mass is 309 g/mol. The van der Waals surface area contributed by atoms with Gasteiger partial charge in [0, 0.05) is 0 Å². The number of hydrogen-bond donors (Lipinski definition) is 1. The average molecular weight is 309 g/mol. The fourth-order valence-corrected chi connectivity index (χ4v) is 3.45. The van der Waals surface area contributed by atoms with Crippen molar-refractivity contribution in [2.24, 2.45) is 23.5 Å². The van der Waals surface area contributed by atoms with Gasteiger partial charge in [0.05, 0.1) is 5.56 Å². The summed E-state index contributed by atoms with van der Waals surface area (Å²) in [6, 6.07) is 4.77. The largest absolute Gasteiger partial charge is 0.489 e. The molecule has 1 aromatic carbocycles. The summed E-state index contributed by atoms with van der Waals surface area (Å²) in [5, 5.41) is 0. The normalized spacial score (nSPS) is 25.9. The van der Waals surface area contributed by atoms with Crippen LogP contribution in [0.4, 0.5) is 4.39 Å². The fourth-order valence-electron chi connectivity index (χ4n) is 3.25. The van der Waals surface area contributed by atoms with Gasteiger partial charge in [-0.05, 0) is 42.7 Å². The summed E-state index contributed by atoms with van der Waals surface area (Å²) in [6.07, 6.45) is 3.48. The van der Waals surface area contributed by atoms with Gasteiger partial charge in [0.15, 0.2) is 0 Å². The van der Waals surface area contributed by atoms with Crippen LogP contribution in [0.15, 0.2) is 18.2 Å². The van der Waals surface area contributed by atoms with E-state index in [4.69, 9.17) is 22.7 Å². The molecule has 2 N–H and O–H groups in total. The number of thiocarbonyl (C=S) groups is 1. The van der Waals surface area contributed by atoms with Crippen LogP contribution in [0.3, 0.4) is 0 Å². The molecule has 3 atom stereocenters. The summed E-state index contributed by atoms with van der Waals surface area (Å²) in [5.41, 5.74) is 5.88. The Bertz CT molecular complexity index is 518. The molecule has 1 aromatic rings. The fraction of sp³-hybridized carbons (Fsp3) is 0.588. The van der Waals surface area contributed by atoms with Gasteiger partial charge < -0.3 is 10.5 Å². The Balaban J connectivity index is 2.27. The SMILES string of the molecule is CC1CCC(C(C)C)C(Oc2cccc(F)c2C(N)=S)C1. The first-order valence-corrected chi connectivity index (χ1v) is 8.06. The number of halogens is 1. The van der Waals surface area contributed by atoms with E-state index in [2.05, 4.69) is 20.8 Å². The van der Waals surface area contributed by atoms with Gasteiger partial charge in [0.1, 0.15) is 22.7 Å². The number of benzene rings is 1. The van der Waals surface area contributed by atoms with E-state index >= 15 is 0 Å². The second kappa shape index (κ2) is 6.73. The van der Waals surface area contributed by atoms with E-state index in [0.717, 1.165) is 12.8 Å². The molecule has 0 aliphatic heterocycles. The topological polar surface area (TPSA) is 35.2 Å². The summed E-state index contributed by atoms with van der Waals surface area (Å²) < 4.78 is 20.1. The van der Waals surface area contributed by atoms with Crippen LogP contribution in [-0.2, 0) is 0 Å². The molecule has 0 radical (unpaired) electrons. The van der Waals surface area contributed by atoms with Crippen molar-refractivity contribution in [3.63, 3.8) is 0 Å². The van der Waals surface area contributed by atoms with E-state index in [9.17, 15) is 4.39 Å². The van der Waals surface area contributed by atoms with Crippen LogP contribution in [0.5, 0.6) is 5.75 Å². The molecule has 0 bridgehead atoms. The molecule has 1 aliphatic carbocycles. The summed E-state index contributed by atoms with van der Waals surface area (Å²) in [6.45, 7) is 6.68. The Morgan fingerprint density at radius 1 is 1.38 bits per heavy atom. The maximum atomic E-state index is 13.9. The molecule has 0 saturated heterocycles. The summed E-state index contributed by atoms with van der Waals surface area (Å²) in [4.78, 5) is 0.0491. The predicted octanol–water partition coefficient (Wildman–Crippen LogP) is 4.30. The van der Waals surface area contributed by atoms with Gasteiger partial charge in [-0.15, -0.1) is 0 Å². The Kier molecular flexibility index (Phi) is 5.20. The van der Waals surface area contributed by atoms with Crippen molar-refractivity contribution < 1.29 is 9.13 Å². The first kappa shape index (κ1) is 16.2. The second-order valence-electron chi connectivity index (χ2n) is 6.46. The van der Waals surface area contributed by atoms with E-state index in [0.29, 0.717) is 23.5 Å². The second-order valence-corrected chi connectivity index (χ2v) is 6.90. The average Bonchev–Trinajstić information content (AvgIpc) is 2.37. The molecular formula is C17H24FNOS. The Hall–Kier alpha value is -1.16. The summed E-state index contributed by atoms with van der Waals surface area (Å²) in [5.74, 6) is 1.73. The third-order valence-electron chi connectivity index (χ3n) is 4.46. The molecule has 1 saturated carbocycles. The lowest BCUT2D eigenvalue weighted by atomic mass is 9.75. The van der Waals surface area contributed by atoms with E-state index in [-0.39, 0.29) is 16.7 Å². The van der Waals surface area contributed by atoms with Crippen molar-refractivity contribution in [2.75, 3.05) is 0 Å². The van der Waals surface area contributed by atoms with E-state index < -0.39 is 5.82 Å². The van der Waals surface area contributed by atoms with Crippen molar-refractivity contribution >= 4 is 17.2 Å². The van der Waals surface area contributed by atoms with Crippen molar-refractivity contribution in [1.82, 2.24) is 0 Å². The first-order valence-electron chi connectivity index (χ1n) is 7.65. The van der Waals surface area contributed by atoms with Gasteiger partial charge in [0.25, 0.3) is 0 Å². The van der Waals surface area contributed by atoms with Crippen LogP contribution in [0.25, 0.3) is 0 Å². The van der Waals surface area contributed by atoms with Crippen LogP contribution in [-0.4, -0.2) is 11.1 Å². The van der Waals surface area contributed by atoms with Crippen molar-refractivity contribution in [3.05, 3.63) is 29.6 Å². The highest BCUT2D eigenvalue weighted by atomic mass is 32.1. The molecule has 0 spiro atoms. The standard InChI is InChI=1S/C17H24FNOS/c1-10(2)12-8-7-11(3)9-15(12)20-14-6-4-5-13(18)16(14)17(19)21/h4-6,10-12,15H,7-9H2,1-3H3,(H2,19,21). The minimum absolute atomic E-state index is 0.0491. The number of rotatable bonds is 4. The van der Waals surface area contributed by atoms with Gasteiger partial charge >= 0.3 is 0 Å². The lowest BCUT2D eigenvalue weighted by Crippen LogP contribution is -2.36. The van der Waals surface area contributed by atoms with Crippen LogP contribution < -0.4 is 10.5 Å². The highest BCUT2D eigenvalue weighted by Gasteiger charge is 2.33. The quantitative estimate of drug-likeness (QED) is 0.842. The van der Waals surface area contributed by atoms with Crippen LogP contribution in [0, 0.1) is 23.6 Å². The van der Waals surface area contributed by atoms with Crippen LogP contribution in [0.2, 0.25) is 0 Å². The van der Waals surface area contributed by atoms with Gasteiger partial charge in [0.2, 0.25) is 0 Å². The number of hydrogen-bond acceptors (Lipinski definition) is 2. The molecular weight excluding hydrogens is 285 g/mol.